The van der Waals surface area contributed by atoms with Crippen LogP contribution in [0.25, 0.3) is 0 Å². The molecule has 0 radical (unpaired) electrons. The summed E-state index contributed by atoms with van der Waals surface area (Å²) in [5.74, 6) is 1.50. The summed E-state index contributed by atoms with van der Waals surface area (Å²) in [7, 11) is 1.59. The molecule has 0 unspecified atom stereocenters. The van der Waals surface area contributed by atoms with E-state index in [1.807, 2.05) is 19.1 Å². The first kappa shape index (κ1) is 17.7. The molecule has 2 aromatic rings. The van der Waals surface area contributed by atoms with E-state index in [0.717, 1.165) is 5.76 Å². The molecule has 5 nitrogen and oxygen atoms in total. The minimum absolute atomic E-state index is 0.291. The normalized spacial score (nSPS) is 10.6. The van der Waals surface area contributed by atoms with Crippen LogP contribution in [-0.2, 0) is 11.3 Å². The fourth-order valence-electron chi connectivity index (χ4n) is 2.00. The van der Waals surface area contributed by atoms with Crippen molar-refractivity contribution in [3.8, 4) is 0 Å². The van der Waals surface area contributed by atoms with Crippen LogP contribution in [0.1, 0.15) is 11.5 Å². The molecule has 0 fully saturated rings. The highest BCUT2D eigenvalue weighted by atomic mass is 35.5. The van der Waals surface area contributed by atoms with Gasteiger partial charge in [0.2, 0.25) is 0 Å². The van der Waals surface area contributed by atoms with Gasteiger partial charge in [0.1, 0.15) is 11.5 Å². The molecule has 0 saturated heterocycles. The molecule has 2 amide bonds. The van der Waals surface area contributed by atoms with Gasteiger partial charge in [-0.25, -0.2) is 4.79 Å². The van der Waals surface area contributed by atoms with E-state index in [0.29, 0.717) is 41.2 Å². The van der Waals surface area contributed by atoms with Crippen molar-refractivity contribution >= 4 is 34.9 Å². The largest absolute Gasteiger partial charge is 0.464 e. The Hall–Kier alpha value is -1.69. The average molecular weight is 357 g/mol. The topological polar surface area (TPSA) is 54.7 Å². The molecule has 7 heteroatoms. The molecule has 0 saturated carbocycles. The van der Waals surface area contributed by atoms with Crippen LogP contribution in [0.2, 0.25) is 10.0 Å². The quantitative estimate of drug-likeness (QED) is 0.824. The van der Waals surface area contributed by atoms with Gasteiger partial charge in [0.25, 0.3) is 0 Å². The van der Waals surface area contributed by atoms with Gasteiger partial charge in [0.05, 0.1) is 23.9 Å². The Balaban J connectivity index is 2.09. The van der Waals surface area contributed by atoms with E-state index >= 15 is 0 Å². The number of hydrogen-bond donors (Lipinski definition) is 1. The fourth-order valence-corrected chi connectivity index (χ4v) is 2.45. The molecule has 0 atom stereocenters. The number of nitrogens with zero attached hydrogens (tertiary/aromatic N) is 1. The van der Waals surface area contributed by atoms with Crippen LogP contribution in [0, 0.1) is 6.92 Å². The van der Waals surface area contributed by atoms with Crippen molar-refractivity contribution in [1.29, 1.82) is 0 Å². The smallest absolute Gasteiger partial charge is 0.322 e. The Morgan fingerprint density at radius 3 is 2.70 bits per heavy atom. The summed E-state index contributed by atoms with van der Waals surface area (Å²) in [4.78, 5) is 14.1. The third-order valence-corrected chi connectivity index (χ3v) is 3.72. The molecule has 124 valence electrons. The number of methoxy groups -OCH3 is 1. The Kier molecular flexibility index (Phi) is 6.33. The molecule has 1 aromatic heterocycles. The van der Waals surface area contributed by atoms with E-state index in [-0.39, 0.29) is 6.03 Å². The number of carbonyl (C=O) groups excluding carboxylic acids is 1. The van der Waals surface area contributed by atoms with E-state index in [1.165, 1.54) is 0 Å². The van der Waals surface area contributed by atoms with Gasteiger partial charge in [0, 0.05) is 18.7 Å². The number of hydrogen-bond acceptors (Lipinski definition) is 3. The minimum atomic E-state index is -0.291. The molecular weight excluding hydrogens is 339 g/mol. The lowest BCUT2D eigenvalue weighted by molar-refractivity contribution is 0.149. The summed E-state index contributed by atoms with van der Waals surface area (Å²) in [5, 5.41) is 3.66. The summed E-state index contributed by atoms with van der Waals surface area (Å²) < 4.78 is 10.6. The van der Waals surface area contributed by atoms with Crippen molar-refractivity contribution in [2.24, 2.45) is 0 Å². The number of halogens is 2. The van der Waals surface area contributed by atoms with Gasteiger partial charge >= 0.3 is 6.03 Å². The van der Waals surface area contributed by atoms with E-state index in [4.69, 9.17) is 32.4 Å². The van der Waals surface area contributed by atoms with Gasteiger partial charge in [-0.1, -0.05) is 23.2 Å². The summed E-state index contributed by atoms with van der Waals surface area (Å²) >= 11 is 11.9. The zero-order valence-electron chi connectivity index (χ0n) is 12.9. The van der Waals surface area contributed by atoms with E-state index < -0.39 is 0 Å². The van der Waals surface area contributed by atoms with Crippen molar-refractivity contribution in [1.82, 2.24) is 4.90 Å². The number of benzene rings is 1. The highest BCUT2D eigenvalue weighted by Crippen LogP contribution is 2.25. The van der Waals surface area contributed by atoms with Crippen LogP contribution in [0.15, 0.2) is 34.7 Å². The zero-order chi connectivity index (χ0) is 16.8. The maximum Gasteiger partial charge on any atom is 0.322 e. The number of furan rings is 1. The predicted octanol–water partition coefficient (Wildman–Crippen LogP) is 4.58. The van der Waals surface area contributed by atoms with Crippen LogP contribution < -0.4 is 5.32 Å². The van der Waals surface area contributed by atoms with Crippen molar-refractivity contribution < 1.29 is 13.9 Å². The first-order chi connectivity index (χ1) is 11.0. The first-order valence-electron chi connectivity index (χ1n) is 7.05. The van der Waals surface area contributed by atoms with Crippen LogP contribution in [0.3, 0.4) is 0 Å². The second-order valence-corrected chi connectivity index (χ2v) is 5.82. The molecular formula is C16H18Cl2N2O3. The van der Waals surface area contributed by atoms with E-state index in [9.17, 15) is 4.79 Å². The summed E-state index contributed by atoms with van der Waals surface area (Å²) in [6.45, 7) is 3.04. The fraction of sp³-hybridized carbons (Fsp3) is 0.312. The van der Waals surface area contributed by atoms with Crippen molar-refractivity contribution in [3.05, 3.63) is 51.9 Å². The number of carbonyl (C=O) groups is 1. The number of nitrogens with one attached hydrogen (secondary N) is 1. The lowest BCUT2D eigenvalue weighted by atomic mass is 10.3. The van der Waals surface area contributed by atoms with Gasteiger partial charge in [-0.2, -0.15) is 0 Å². The number of anilines is 1. The van der Waals surface area contributed by atoms with Crippen molar-refractivity contribution in [2.45, 2.75) is 13.5 Å². The van der Waals surface area contributed by atoms with E-state index in [1.54, 1.807) is 30.2 Å². The van der Waals surface area contributed by atoms with Crippen molar-refractivity contribution in [2.75, 3.05) is 25.6 Å². The standard InChI is InChI=1S/C16H18Cl2N2O3/c1-11-3-5-13(23-11)10-20(7-8-22-2)16(21)19-15-6-4-12(17)9-14(15)18/h3-6,9H,7-8,10H2,1-2H3,(H,19,21). The lowest BCUT2D eigenvalue weighted by Crippen LogP contribution is -2.36. The Morgan fingerprint density at radius 2 is 2.09 bits per heavy atom. The molecule has 0 aliphatic heterocycles. The molecule has 2 rings (SSSR count). The third kappa shape index (κ3) is 5.16. The number of rotatable bonds is 6. The van der Waals surface area contributed by atoms with Gasteiger partial charge in [-0.3, -0.25) is 0 Å². The minimum Gasteiger partial charge on any atom is -0.464 e. The molecule has 1 N–H and O–H groups in total. The third-order valence-electron chi connectivity index (χ3n) is 3.17. The molecule has 1 heterocycles. The summed E-state index contributed by atoms with van der Waals surface area (Å²) in [6, 6.07) is 8.32. The maximum atomic E-state index is 12.5. The number of ether oxygens (including phenoxy) is 1. The van der Waals surface area contributed by atoms with Crippen LogP contribution in [0.4, 0.5) is 10.5 Å². The SMILES string of the molecule is COCCN(Cc1ccc(C)o1)C(=O)Nc1ccc(Cl)cc1Cl. The van der Waals surface area contributed by atoms with Crippen LogP contribution in [-0.4, -0.2) is 31.2 Å². The van der Waals surface area contributed by atoms with Gasteiger partial charge in [-0.05, 0) is 37.3 Å². The number of amides is 2. The van der Waals surface area contributed by atoms with Gasteiger partial charge in [-0.15, -0.1) is 0 Å². The highest BCUT2D eigenvalue weighted by molar-refractivity contribution is 6.36. The molecule has 1 aromatic carbocycles. The number of urea groups is 1. The van der Waals surface area contributed by atoms with Crippen molar-refractivity contribution in [3.63, 3.8) is 0 Å². The average Bonchev–Trinajstić information content (AvgIpc) is 2.91. The summed E-state index contributed by atoms with van der Waals surface area (Å²) in [6.07, 6.45) is 0. The second kappa shape index (κ2) is 8.24. The highest BCUT2D eigenvalue weighted by Gasteiger charge is 2.17. The van der Waals surface area contributed by atoms with Gasteiger partial charge in [0.15, 0.2) is 0 Å². The maximum absolute atomic E-state index is 12.5. The Bertz CT molecular complexity index is 673. The Morgan fingerprint density at radius 1 is 1.30 bits per heavy atom. The number of aryl methyl sites for hydroxylation is 1. The predicted molar refractivity (Wildman–Crippen MR) is 91.2 cm³/mol. The Labute approximate surface area is 145 Å². The van der Waals surface area contributed by atoms with Gasteiger partial charge < -0.3 is 19.4 Å². The zero-order valence-corrected chi connectivity index (χ0v) is 14.4. The monoisotopic (exact) mass is 356 g/mol. The lowest BCUT2D eigenvalue weighted by Gasteiger charge is -2.22. The first-order valence-corrected chi connectivity index (χ1v) is 7.80. The van der Waals surface area contributed by atoms with Crippen LogP contribution >= 0.6 is 23.2 Å². The molecule has 0 aliphatic rings. The molecule has 0 bridgehead atoms. The van der Waals surface area contributed by atoms with E-state index in [2.05, 4.69) is 5.32 Å². The molecule has 0 aliphatic carbocycles. The second-order valence-electron chi connectivity index (χ2n) is 4.98. The summed E-state index contributed by atoms with van der Waals surface area (Å²) in [5.41, 5.74) is 0.499. The van der Waals surface area contributed by atoms with Crippen LogP contribution in [0.5, 0.6) is 0 Å². The molecule has 0 spiro atoms. The molecule has 23 heavy (non-hydrogen) atoms.